The van der Waals surface area contributed by atoms with Gasteiger partial charge in [-0.25, -0.2) is 4.98 Å². The van der Waals surface area contributed by atoms with Gasteiger partial charge in [-0.1, -0.05) is 48.6 Å². The number of hydrogen-bond donors (Lipinski definition) is 2. The first-order valence-electron chi connectivity index (χ1n) is 10.2. The van der Waals surface area contributed by atoms with E-state index in [0.717, 1.165) is 16.6 Å². The first kappa shape index (κ1) is 21.7. The average molecular weight is 408 g/mol. The molecule has 6 nitrogen and oxygen atoms in total. The van der Waals surface area contributed by atoms with Gasteiger partial charge in [0.25, 0.3) is 0 Å². The van der Waals surface area contributed by atoms with Crippen molar-refractivity contribution in [1.29, 1.82) is 0 Å². The molecule has 1 aliphatic rings. The predicted octanol–water partition coefficient (Wildman–Crippen LogP) is 4.13. The Balaban J connectivity index is 1.66. The topological polar surface area (TPSA) is 92.4 Å². The summed E-state index contributed by atoms with van der Waals surface area (Å²) >= 11 is 0. The number of fused-ring (bicyclic) bond motifs is 1. The first-order valence-corrected chi connectivity index (χ1v) is 10.2. The molecule has 1 saturated carbocycles. The highest BCUT2D eigenvalue weighted by Gasteiger charge is 2.35. The summed E-state index contributed by atoms with van der Waals surface area (Å²) in [6.07, 6.45) is 8.94. The number of hydrogen-bond acceptors (Lipinski definition) is 4. The van der Waals surface area contributed by atoms with Gasteiger partial charge >= 0.3 is 5.97 Å². The van der Waals surface area contributed by atoms with Crippen molar-refractivity contribution in [2.45, 2.75) is 38.2 Å². The number of aliphatic carboxylic acids is 1. The number of Topliss-reactive ketones (excluding diaryl/α,β-unsaturated/α-hetero) is 1. The molecule has 3 rings (SSSR count). The van der Waals surface area contributed by atoms with Crippen molar-refractivity contribution < 1.29 is 19.8 Å². The Kier molecular flexibility index (Phi) is 7.00. The van der Waals surface area contributed by atoms with E-state index in [1.807, 2.05) is 54.1 Å². The van der Waals surface area contributed by atoms with E-state index in [4.69, 9.17) is 5.11 Å². The van der Waals surface area contributed by atoms with Crippen LogP contribution in [0.25, 0.3) is 11.0 Å². The van der Waals surface area contributed by atoms with Crippen molar-refractivity contribution in [1.82, 2.24) is 9.55 Å². The summed E-state index contributed by atoms with van der Waals surface area (Å²) in [6.45, 7) is 4.05. The number of para-hydroxylation sites is 2. The first-order chi connectivity index (χ1) is 14.4. The van der Waals surface area contributed by atoms with Crippen LogP contribution in [0.2, 0.25) is 0 Å². The quantitative estimate of drug-likeness (QED) is 0.481. The molecule has 3 atom stereocenters. The molecule has 6 heteroatoms. The van der Waals surface area contributed by atoms with E-state index >= 15 is 0 Å². The highest BCUT2D eigenvalue weighted by atomic mass is 16.4. The van der Waals surface area contributed by atoms with Gasteiger partial charge in [0.15, 0.2) is 0 Å². The van der Waals surface area contributed by atoms with Crippen molar-refractivity contribution >= 4 is 22.8 Å². The van der Waals surface area contributed by atoms with Crippen LogP contribution < -0.4 is 0 Å². The minimum atomic E-state index is -0.877. The lowest BCUT2D eigenvalue weighted by Gasteiger charge is -2.15. The molecule has 1 aliphatic carbocycles. The lowest BCUT2D eigenvalue weighted by atomic mass is 9.89. The fraction of sp³-hybridized carbons (Fsp3) is 0.375. The third-order valence-electron chi connectivity index (χ3n) is 5.62. The number of imidazole rings is 1. The number of nitrogens with zero attached hydrogens (tertiary/aromatic N) is 2. The third-order valence-corrected chi connectivity index (χ3v) is 5.62. The van der Waals surface area contributed by atoms with Crippen molar-refractivity contribution in [3.05, 3.63) is 66.5 Å². The molecule has 0 bridgehead atoms. The fourth-order valence-electron chi connectivity index (χ4n) is 3.98. The lowest BCUT2D eigenvalue weighted by Crippen LogP contribution is -2.13. The molecule has 158 valence electrons. The average Bonchev–Trinajstić information content (AvgIpc) is 3.18. The summed E-state index contributed by atoms with van der Waals surface area (Å²) in [5.74, 6) is -0.406. The molecule has 1 unspecified atom stereocenters. The Morgan fingerprint density at radius 3 is 2.87 bits per heavy atom. The summed E-state index contributed by atoms with van der Waals surface area (Å²) in [4.78, 5) is 27.5. The number of benzene rings is 1. The fourth-order valence-corrected chi connectivity index (χ4v) is 3.98. The summed E-state index contributed by atoms with van der Waals surface area (Å²) in [5.41, 5.74) is 2.64. The van der Waals surface area contributed by atoms with E-state index in [9.17, 15) is 14.7 Å². The van der Waals surface area contributed by atoms with E-state index in [1.54, 1.807) is 6.08 Å². The zero-order valence-corrected chi connectivity index (χ0v) is 17.2. The Labute approximate surface area is 176 Å². The van der Waals surface area contributed by atoms with Gasteiger partial charge in [-0.3, -0.25) is 9.59 Å². The number of allylic oxidation sites excluding steroid dienone is 4. The van der Waals surface area contributed by atoms with Crippen molar-refractivity contribution in [3.63, 3.8) is 0 Å². The summed E-state index contributed by atoms with van der Waals surface area (Å²) < 4.78 is 1.87. The van der Waals surface area contributed by atoms with Crippen molar-refractivity contribution in [2.75, 3.05) is 0 Å². The molecule has 1 fully saturated rings. The van der Waals surface area contributed by atoms with E-state index in [2.05, 4.69) is 11.6 Å². The van der Waals surface area contributed by atoms with Crippen LogP contribution in [0.1, 0.15) is 44.0 Å². The second-order valence-electron chi connectivity index (χ2n) is 7.77. The molecule has 0 saturated heterocycles. The van der Waals surface area contributed by atoms with Gasteiger partial charge in [0.1, 0.15) is 17.7 Å². The van der Waals surface area contributed by atoms with Crippen LogP contribution in [-0.2, 0) is 16.6 Å². The third kappa shape index (κ3) is 4.94. The van der Waals surface area contributed by atoms with Crippen molar-refractivity contribution in [2.24, 2.45) is 18.9 Å². The molecule has 1 aromatic heterocycles. The number of aliphatic hydroxyl groups excluding tert-OH is 1. The standard InChI is InChI=1S/C24H28N2O4/c1-16-15-22(28)18(9-5-3-4-6-12-23(29)30)17(16)13-14-21(27)24-25-19-10-7-8-11-20(19)26(24)2/h3,5,7-8,10-11,13-14,17-18,21,27H,1,4,6,9,12,15H2,2H3,(H,29,30)/t17-,18+,21?/m0/s1. The second-order valence-corrected chi connectivity index (χ2v) is 7.77. The summed E-state index contributed by atoms with van der Waals surface area (Å²) in [6, 6.07) is 7.71. The van der Waals surface area contributed by atoms with Gasteiger partial charge in [-0.15, -0.1) is 0 Å². The Hall–Kier alpha value is -2.99. The number of carbonyl (C=O) groups excluding carboxylic acids is 1. The molecule has 1 heterocycles. The van der Waals surface area contributed by atoms with Crippen molar-refractivity contribution in [3.8, 4) is 0 Å². The molecule has 0 aliphatic heterocycles. The number of aromatic nitrogens is 2. The zero-order chi connectivity index (χ0) is 21.7. The second kappa shape index (κ2) is 9.67. The van der Waals surface area contributed by atoms with Crippen LogP contribution in [0, 0.1) is 11.8 Å². The van der Waals surface area contributed by atoms with E-state index in [-0.39, 0.29) is 24.0 Å². The monoisotopic (exact) mass is 408 g/mol. The molecule has 2 N–H and O–H groups in total. The number of carboxylic acids is 1. The van der Waals surface area contributed by atoms with Gasteiger partial charge in [-0.05, 0) is 31.4 Å². The van der Waals surface area contributed by atoms with Crippen LogP contribution in [0.4, 0.5) is 0 Å². The molecule has 2 aromatic rings. The number of aliphatic hydroxyl groups is 1. The Morgan fingerprint density at radius 2 is 2.13 bits per heavy atom. The normalized spacial score (nSPS) is 20.7. The van der Waals surface area contributed by atoms with Gasteiger partial charge in [-0.2, -0.15) is 0 Å². The molecule has 0 amide bonds. The number of ketones is 1. The molecular weight excluding hydrogens is 380 g/mol. The van der Waals surface area contributed by atoms with E-state index in [1.165, 1.54) is 0 Å². The Morgan fingerprint density at radius 1 is 1.37 bits per heavy atom. The Bertz CT molecular complexity index is 1000. The van der Waals surface area contributed by atoms with E-state index < -0.39 is 12.1 Å². The van der Waals surface area contributed by atoms with Gasteiger partial charge in [0, 0.05) is 31.7 Å². The highest BCUT2D eigenvalue weighted by molar-refractivity contribution is 5.88. The highest BCUT2D eigenvalue weighted by Crippen LogP contribution is 2.37. The summed E-state index contributed by atoms with van der Waals surface area (Å²) in [7, 11) is 1.87. The number of aryl methyl sites for hydroxylation is 1. The molecule has 0 radical (unpaired) electrons. The predicted molar refractivity (Wildman–Crippen MR) is 116 cm³/mol. The lowest BCUT2D eigenvalue weighted by molar-refractivity contribution is -0.137. The van der Waals surface area contributed by atoms with E-state index in [0.29, 0.717) is 31.5 Å². The maximum atomic E-state index is 12.4. The summed E-state index contributed by atoms with van der Waals surface area (Å²) in [5, 5.41) is 19.3. The number of carbonyl (C=O) groups is 2. The molecular formula is C24H28N2O4. The molecule has 1 aromatic carbocycles. The van der Waals surface area contributed by atoms with Crippen LogP contribution in [0.3, 0.4) is 0 Å². The molecule has 30 heavy (non-hydrogen) atoms. The number of carboxylic acid groups (broad SMARTS) is 1. The largest absolute Gasteiger partial charge is 0.481 e. The number of rotatable bonds is 9. The van der Waals surface area contributed by atoms with Crippen LogP contribution in [0.15, 0.2) is 60.7 Å². The van der Waals surface area contributed by atoms with Crippen LogP contribution >= 0.6 is 0 Å². The van der Waals surface area contributed by atoms with Crippen LogP contribution in [0.5, 0.6) is 0 Å². The maximum Gasteiger partial charge on any atom is 0.303 e. The van der Waals surface area contributed by atoms with Gasteiger partial charge in [0.2, 0.25) is 0 Å². The maximum absolute atomic E-state index is 12.4. The SMILES string of the molecule is C=C1CC(=O)[C@H](CC=CCCCC(=O)O)[C@H]1C=CC(O)c1nc2ccccc2n1C. The van der Waals surface area contributed by atoms with Crippen LogP contribution in [-0.4, -0.2) is 31.5 Å². The van der Waals surface area contributed by atoms with Gasteiger partial charge < -0.3 is 14.8 Å². The zero-order valence-electron chi connectivity index (χ0n) is 17.2. The minimum absolute atomic E-state index is 0.120. The number of unbranched alkanes of at least 4 members (excludes halogenated alkanes) is 1. The minimum Gasteiger partial charge on any atom is -0.481 e. The smallest absolute Gasteiger partial charge is 0.303 e. The molecule has 0 spiro atoms. The van der Waals surface area contributed by atoms with Gasteiger partial charge in [0.05, 0.1) is 11.0 Å².